The van der Waals surface area contributed by atoms with Crippen LogP contribution in [-0.4, -0.2) is 21.0 Å². The van der Waals surface area contributed by atoms with Crippen molar-refractivity contribution >= 4 is 21.9 Å². The number of aromatic nitrogens is 2. The van der Waals surface area contributed by atoms with Gasteiger partial charge in [0.25, 0.3) is 0 Å². The van der Waals surface area contributed by atoms with E-state index in [-0.39, 0.29) is 12.2 Å². The lowest BCUT2D eigenvalue weighted by Crippen LogP contribution is -2.05. The van der Waals surface area contributed by atoms with Crippen LogP contribution < -0.4 is 0 Å². The first-order chi connectivity index (χ1) is 8.56. The summed E-state index contributed by atoms with van der Waals surface area (Å²) in [6.07, 6.45) is 1.13. The molecular formula is C12H8BrFN2O2. The van der Waals surface area contributed by atoms with E-state index < -0.39 is 11.8 Å². The minimum atomic E-state index is -1.03. The van der Waals surface area contributed by atoms with Crippen LogP contribution in [0.25, 0.3) is 11.3 Å². The molecule has 0 aliphatic heterocycles. The van der Waals surface area contributed by atoms with Gasteiger partial charge in [-0.3, -0.25) is 4.79 Å². The van der Waals surface area contributed by atoms with E-state index in [1.54, 1.807) is 12.1 Å². The Labute approximate surface area is 111 Å². The number of hydrogen-bond donors (Lipinski definition) is 1. The van der Waals surface area contributed by atoms with E-state index in [2.05, 4.69) is 25.9 Å². The summed E-state index contributed by atoms with van der Waals surface area (Å²) in [6, 6.07) is 6.02. The van der Waals surface area contributed by atoms with Gasteiger partial charge in [0.15, 0.2) is 0 Å². The maximum Gasteiger partial charge on any atom is 0.311 e. The molecule has 1 heterocycles. The van der Waals surface area contributed by atoms with Crippen LogP contribution in [0, 0.1) is 5.82 Å². The van der Waals surface area contributed by atoms with Gasteiger partial charge in [0.05, 0.1) is 5.69 Å². The number of hydrogen-bond acceptors (Lipinski definition) is 3. The summed E-state index contributed by atoms with van der Waals surface area (Å²) in [6.45, 7) is 0. The topological polar surface area (TPSA) is 63.1 Å². The lowest BCUT2D eigenvalue weighted by molar-refractivity contribution is -0.136. The summed E-state index contributed by atoms with van der Waals surface area (Å²) in [5, 5.41) is 8.67. The maximum atomic E-state index is 13.7. The number of aliphatic carboxylic acids is 1. The molecule has 2 rings (SSSR count). The Kier molecular flexibility index (Phi) is 3.66. The molecule has 0 fully saturated rings. The summed E-state index contributed by atoms with van der Waals surface area (Å²) in [5.74, 6) is -1.29. The molecule has 0 spiro atoms. The first-order valence-corrected chi connectivity index (χ1v) is 5.84. The molecule has 92 valence electrons. The Morgan fingerprint density at radius 3 is 2.89 bits per heavy atom. The second-order valence-electron chi connectivity index (χ2n) is 3.55. The molecule has 0 aliphatic rings. The predicted molar refractivity (Wildman–Crippen MR) is 66.5 cm³/mol. The molecule has 0 bridgehead atoms. The molecule has 0 amide bonds. The monoisotopic (exact) mass is 310 g/mol. The first-order valence-electron chi connectivity index (χ1n) is 5.05. The summed E-state index contributed by atoms with van der Waals surface area (Å²) in [7, 11) is 0. The Morgan fingerprint density at radius 1 is 1.39 bits per heavy atom. The van der Waals surface area contributed by atoms with Gasteiger partial charge in [-0.25, -0.2) is 14.4 Å². The van der Waals surface area contributed by atoms with Crippen molar-refractivity contribution in [3.05, 3.63) is 46.6 Å². The molecule has 1 aromatic heterocycles. The number of benzene rings is 1. The predicted octanol–water partition coefficient (Wildman–Crippen LogP) is 2.67. The molecule has 6 heteroatoms. The lowest BCUT2D eigenvalue weighted by Gasteiger charge is -2.04. The highest BCUT2D eigenvalue weighted by molar-refractivity contribution is 9.10. The number of rotatable bonds is 3. The normalized spacial score (nSPS) is 10.3. The van der Waals surface area contributed by atoms with Crippen LogP contribution in [-0.2, 0) is 11.2 Å². The van der Waals surface area contributed by atoms with E-state index in [9.17, 15) is 9.18 Å². The summed E-state index contributed by atoms with van der Waals surface area (Å²) >= 11 is 3.25. The van der Waals surface area contributed by atoms with Gasteiger partial charge >= 0.3 is 5.97 Å². The third-order valence-electron chi connectivity index (χ3n) is 2.22. The molecule has 0 saturated carbocycles. The first kappa shape index (κ1) is 12.6. The summed E-state index contributed by atoms with van der Waals surface area (Å²) in [5.41, 5.74) is 0.665. The molecule has 4 nitrogen and oxygen atoms in total. The van der Waals surface area contributed by atoms with Gasteiger partial charge in [0, 0.05) is 16.2 Å². The van der Waals surface area contributed by atoms with Crippen molar-refractivity contribution in [3.8, 4) is 11.3 Å². The second kappa shape index (κ2) is 5.22. The number of nitrogens with zero attached hydrogens (tertiary/aromatic N) is 2. The maximum absolute atomic E-state index is 13.7. The van der Waals surface area contributed by atoms with E-state index in [1.165, 1.54) is 18.3 Å². The molecule has 1 N–H and O–H groups in total. The minimum Gasteiger partial charge on any atom is -0.481 e. The van der Waals surface area contributed by atoms with Crippen LogP contribution in [0.15, 0.2) is 34.9 Å². The molecular weight excluding hydrogens is 303 g/mol. The number of halogens is 2. The van der Waals surface area contributed by atoms with Gasteiger partial charge in [-0.05, 0) is 24.3 Å². The largest absolute Gasteiger partial charge is 0.481 e. The number of carbonyl (C=O) groups is 1. The van der Waals surface area contributed by atoms with E-state index in [4.69, 9.17) is 5.11 Å². The highest BCUT2D eigenvalue weighted by atomic mass is 79.9. The van der Waals surface area contributed by atoms with Crippen LogP contribution in [0.3, 0.4) is 0 Å². The van der Waals surface area contributed by atoms with Crippen molar-refractivity contribution < 1.29 is 14.3 Å². The average Bonchev–Trinajstić information content (AvgIpc) is 2.32. The molecule has 0 aliphatic carbocycles. The Balaban J connectivity index is 2.44. The van der Waals surface area contributed by atoms with Crippen molar-refractivity contribution in [1.82, 2.24) is 9.97 Å². The summed E-state index contributed by atoms with van der Waals surface area (Å²) < 4.78 is 14.4. The molecule has 2 aromatic rings. The molecule has 0 saturated heterocycles. The molecule has 18 heavy (non-hydrogen) atoms. The van der Waals surface area contributed by atoms with Crippen molar-refractivity contribution in [2.75, 3.05) is 0 Å². The van der Waals surface area contributed by atoms with E-state index in [1.807, 2.05) is 0 Å². The van der Waals surface area contributed by atoms with Gasteiger partial charge in [-0.2, -0.15) is 0 Å². The average molecular weight is 311 g/mol. The molecule has 0 unspecified atom stereocenters. The highest BCUT2D eigenvalue weighted by Crippen LogP contribution is 2.24. The zero-order chi connectivity index (χ0) is 13.1. The van der Waals surface area contributed by atoms with Gasteiger partial charge in [0.2, 0.25) is 0 Å². The summed E-state index contributed by atoms with van der Waals surface area (Å²) in [4.78, 5) is 18.4. The smallest absolute Gasteiger partial charge is 0.311 e. The van der Waals surface area contributed by atoms with Crippen LogP contribution in [0.1, 0.15) is 5.82 Å². The van der Waals surface area contributed by atoms with Gasteiger partial charge in [-0.1, -0.05) is 15.9 Å². The highest BCUT2D eigenvalue weighted by Gasteiger charge is 2.10. The molecule has 0 radical (unpaired) electrons. The lowest BCUT2D eigenvalue weighted by atomic mass is 10.1. The van der Waals surface area contributed by atoms with Crippen LogP contribution in [0.5, 0.6) is 0 Å². The van der Waals surface area contributed by atoms with Gasteiger partial charge in [-0.15, -0.1) is 0 Å². The van der Waals surface area contributed by atoms with Gasteiger partial charge < -0.3 is 5.11 Å². The van der Waals surface area contributed by atoms with Crippen molar-refractivity contribution in [2.45, 2.75) is 6.42 Å². The van der Waals surface area contributed by atoms with Crippen LogP contribution >= 0.6 is 15.9 Å². The Bertz CT molecular complexity index is 604. The number of carboxylic acid groups (broad SMARTS) is 1. The second-order valence-corrected chi connectivity index (χ2v) is 4.47. The Morgan fingerprint density at radius 2 is 2.17 bits per heavy atom. The van der Waals surface area contributed by atoms with Crippen LogP contribution in [0.4, 0.5) is 4.39 Å². The minimum absolute atomic E-state index is 0.152. The molecule has 1 aromatic carbocycles. The third-order valence-corrected chi connectivity index (χ3v) is 2.71. The third kappa shape index (κ3) is 2.89. The van der Waals surface area contributed by atoms with E-state index in [0.29, 0.717) is 11.3 Å². The SMILES string of the molecule is O=C(O)Cc1nccc(-c2cc(Br)ccc2F)n1. The fourth-order valence-corrected chi connectivity index (χ4v) is 1.82. The zero-order valence-corrected chi connectivity index (χ0v) is 10.7. The van der Waals surface area contributed by atoms with Crippen molar-refractivity contribution in [1.29, 1.82) is 0 Å². The fraction of sp³-hybridized carbons (Fsp3) is 0.0833. The quantitative estimate of drug-likeness (QED) is 0.946. The number of carboxylic acids is 1. The Hall–Kier alpha value is -1.82. The van der Waals surface area contributed by atoms with Crippen molar-refractivity contribution in [2.24, 2.45) is 0 Å². The van der Waals surface area contributed by atoms with Crippen molar-refractivity contribution in [3.63, 3.8) is 0 Å². The molecule has 0 atom stereocenters. The van der Waals surface area contributed by atoms with Gasteiger partial charge in [0.1, 0.15) is 18.1 Å². The van der Waals surface area contributed by atoms with E-state index in [0.717, 1.165) is 4.47 Å². The van der Waals surface area contributed by atoms with E-state index >= 15 is 0 Å². The van der Waals surface area contributed by atoms with Crippen LogP contribution in [0.2, 0.25) is 0 Å². The zero-order valence-electron chi connectivity index (χ0n) is 9.10. The fourth-order valence-electron chi connectivity index (χ4n) is 1.46. The standard InChI is InChI=1S/C12H8BrFN2O2/c13-7-1-2-9(14)8(5-7)10-3-4-15-11(16-10)6-12(17)18/h1-5H,6H2,(H,17,18).